The number of hydrogen-bond donors (Lipinski definition) is 0. The first-order valence-corrected chi connectivity index (χ1v) is 8.54. The molecule has 0 N–H and O–H groups in total. The molecule has 4 rings (SSSR count). The van der Waals surface area contributed by atoms with Crippen molar-refractivity contribution in [2.75, 3.05) is 53.4 Å². The number of nitrogens with zero attached hydrogens (tertiary/aromatic N) is 3. The van der Waals surface area contributed by atoms with E-state index in [1.165, 1.54) is 5.56 Å². The second-order valence-corrected chi connectivity index (χ2v) is 7.13. The number of rotatable bonds is 1. The van der Waals surface area contributed by atoms with Crippen LogP contribution < -0.4 is 4.74 Å². The van der Waals surface area contributed by atoms with E-state index in [0.717, 1.165) is 38.5 Å². The van der Waals surface area contributed by atoms with E-state index in [1.807, 2.05) is 12.1 Å². The van der Waals surface area contributed by atoms with E-state index in [1.54, 1.807) is 0 Å². The van der Waals surface area contributed by atoms with Crippen LogP contribution in [0.2, 0.25) is 0 Å². The highest BCUT2D eigenvalue weighted by molar-refractivity contribution is 5.80. The molecule has 1 aromatic rings. The minimum atomic E-state index is 0.0572. The van der Waals surface area contributed by atoms with Crippen molar-refractivity contribution in [2.24, 2.45) is 11.8 Å². The molecule has 0 bridgehead atoms. The lowest BCUT2D eigenvalue weighted by atomic mass is 9.84. The van der Waals surface area contributed by atoms with Crippen LogP contribution in [0.3, 0.4) is 0 Å². The highest BCUT2D eigenvalue weighted by atomic mass is 16.5. The predicted octanol–water partition coefficient (Wildman–Crippen LogP) is 1.07. The average molecular weight is 315 g/mol. The maximum absolute atomic E-state index is 13.0. The van der Waals surface area contributed by atoms with Gasteiger partial charge in [0, 0.05) is 50.2 Å². The molecule has 23 heavy (non-hydrogen) atoms. The van der Waals surface area contributed by atoms with Gasteiger partial charge in [0.05, 0.1) is 12.5 Å². The van der Waals surface area contributed by atoms with Gasteiger partial charge in [0.15, 0.2) is 0 Å². The third-order valence-electron chi connectivity index (χ3n) is 5.68. The highest BCUT2D eigenvalue weighted by Crippen LogP contribution is 2.46. The van der Waals surface area contributed by atoms with Gasteiger partial charge in [0.25, 0.3) is 0 Å². The number of likely N-dealkylation sites (N-methyl/N-ethyl adjacent to an activating group) is 1. The fourth-order valence-electron chi connectivity index (χ4n) is 4.35. The van der Waals surface area contributed by atoms with Crippen LogP contribution in [0.15, 0.2) is 24.3 Å². The number of amides is 1. The summed E-state index contributed by atoms with van der Waals surface area (Å²) >= 11 is 0. The van der Waals surface area contributed by atoms with Crippen molar-refractivity contribution in [3.63, 3.8) is 0 Å². The van der Waals surface area contributed by atoms with Crippen LogP contribution in [0.5, 0.6) is 5.75 Å². The molecule has 3 atom stereocenters. The highest BCUT2D eigenvalue weighted by Gasteiger charge is 2.48. The molecule has 1 amide bonds. The van der Waals surface area contributed by atoms with Crippen molar-refractivity contribution in [3.8, 4) is 5.75 Å². The second kappa shape index (κ2) is 5.80. The zero-order valence-corrected chi connectivity index (χ0v) is 13.9. The van der Waals surface area contributed by atoms with Crippen LogP contribution in [0.1, 0.15) is 11.6 Å². The Morgan fingerprint density at radius 3 is 2.65 bits per heavy atom. The number of carbonyl (C=O) groups excluding carboxylic acids is 1. The Morgan fingerprint density at radius 2 is 1.87 bits per heavy atom. The summed E-state index contributed by atoms with van der Waals surface area (Å²) in [6, 6.07) is 8.57. The minimum absolute atomic E-state index is 0.0572. The Bertz CT molecular complexity index is 598. The van der Waals surface area contributed by atoms with Gasteiger partial charge in [0.1, 0.15) is 5.75 Å². The molecule has 3 aliphatic heterocycles. The first-order chi connectivity index (χ1) is 11.1. The molecule has 0 spiro atoms. The van der Waals surface area contributed by atoms with Crippen LogP contribution in [0, 0.1) is 11.8 Å². The molecule has 5 heteroatoms. The van der Waals surface area contributed by atoms with Crippen molar-refractivity contribution in [3.05, 3.63) is 29.8 Å². The zero-order valence-electron chi connectivity index (χ0n) is 13.9. The first-order valence-electron chi connectivity index (χ1n) is 8.54. The lowest BCUT2D eigenvalue weighted by Gasteiger charge is -2.36. The lowest BCUT2D eigenvalue weighted by Crippen LogP contribution is -2.50. The van der Waals surface area contributed by atoms with Crippen LogP contribution in [0.25, 0.3) is 0 Å². The summed E-state index contributed by atoms with van der Waals surface area (Å²) in [5.74, 6) is 1.62. The van der Waals surface area contributed by atoms with Gasteiger partial charge in [-0.05, 0) is 20.2 Å². The molecule has 5 nitrogen and oxygen atoms in total. The maximum Gasteiger partial charge on any atom is 0.227 e. The van der Waals surface area contributed by atoms with E-state index in [9.17, 15) is 4.79 Å². The van der Waals surface area contributed by atoms with Crippen LogP contribution in [-0.4, -0.2) is 74.0 Å². The Labute approximate surface area is 137 Å². The molecular formula is C18H25N3O2. The summed E-state index contributed by atoms with van der Waals surface area (Å²) in [5.41, 5.74) is 1.24. The fourth-order valence-corrected chi connectivity index (χ4v) is 4.35. The molecule has 0 saturated carbocycles. The third kappa shape index (κ3) is 2.52. The smallest absolute Gasteiger partial charge is 0.227 e. The van der Waals surface area contributed by atoms with Gasteiger partial charge in [0.2, 0.25) is 5.91 Å². The molecule has 3 heterocycles. The molecule has 2 saturated heterocycles. The SMILES string of the molecule is CN1CCN(C(=O)[C@@H]2CN(C)[C@H]3c4ccccc4OC[C@@H]23)CC1. The summed E-state index contributed by atoms with van der Waals surface area (Å²) in [7, 11) is 4.25. The number of carbonyl (C=O) groups is 1. The lowest BCUT2D eigenvalue weighted by molar-refractivity contribution is -0.138. The van der Waals surface area contributed by atoms with Crippen molar-refractivity contribution in [1.82, 2.24) is 14.7 Å². The normalized spacial score (nSPS) is 31.4. The summed E-state index contributed by atoms with van der Waals surface area (Å²) < 4.78 is 5.96. The molecule has 0 radical (unpaired) electrons. The molecule has 2 fully saturated rings. The average Bonchev–Trinajstić information content (AvgIpc) is 2.92. The topological polar surface area (TPSA) is 36.0 Å². The fraction of sp³-hybridized carbons (Fsp3) is 0.611. The number of likely N-dealkylation sites (tertiary alicyclic amines) is 1. The zero-order chi connectivity index (χ0) is 16.0. The van der Waals surface area contributed by atoms with E-state index in [4.69, 9.17) is 4.74 Å². The quantitative estimate of drug-likeness (QED) is 0.777. The van der Waals surface area contributed by atoms with Crippen LogP contribution >= 0.6 is 0 Å². The van der Waals surface area contributed by atoms with E-state index < -0.39 is 0 Å². The van der Waals surface area contributed by atoms with E-state index in [0.29, 0.717) is 18.6 Å². The standard InChI is InChI=1S/C18H25N3O2/c1-19-7-9-21(10-8-19)18(22)14-11-20(2)17-13-5-3-4-6-16(13)23-12-15(14)17/h3-6,14-15,17H,7-12H2,1-2H3/t14-,15+,17+/m1/s1. The number of benzene rings is 1. The minimum Gasteiger partial charge on any atom is -0.493 e. The molecule has 0 unspecified atom stereocenters. The molecule has 1 aromatic carbocycles. The first kappa shape index (κ1) is 15.0. The van der Waals surface area contributed by atoms with Crippen molar-refractivity contribution >= 4 is 5.91 Å². The Balaban J connectivity index is 1.55. The van der Waals surface area contributed by atoms with Crippen molar-refractivity contribution < 1.29 is 9.53 Å². The van der Waals surface area contributed by atoms with Gasteiger partial charge in [-0.1, -0.05) is 18.2 Å². The summed E-state index contributed by atoms with van der Waals surface area (Å²) in [4.78, 5) is 19.7. The number of para-hydroxylation sites is 1. The van der Waals surface area contributed by atoms with E-state index in [-0.39, 0.29) is 11.8 Å². The van der Waals surface area contributed by atoms with Gasteiger partial charge in [-0.2, -0.15) is 0 Å². The number of fused-ring (bicyclic) bond motifs is 3. The van der Waals surface area contributed by atoms with Crippen molar-refractivity contribution in [1.29, 1.82) is 0 Å². The Morgan fingerprint density at radius 1 is 1.13 bits per heavy atom. The monoisotopic (exact) mass is 315 g/mol. The van der Waals surface area contributed by atoms with E-state index >= 15 is 0 Å². The molecule has 0 aromatic heterocycles. The molecule has 124 valence electrons. The molecule has 0 aliphatic carbocycles. The summed E-state index contributed by atoms with van der Waals surface area (Å²) in [6.45, 7) is 5.13. The number of piperazine rings is 1. The maximum atomic E-state index is 13.0. The van der Waals surface area contributed by atoms with Gasteiger partial charge >= 0.3 is 0 Å². The summed E-state index contributed by atoms with van der Waals surface area (Å²) in [5, 5.41) is 0. The van der Waals surface area contributed by atoms with Crippen LogP contribution in [0.4, 0.5) is 0 Å². The largest absolute Gasteiger partial charge is 0.493 e. The van der Waals surface area contributed by atoms with Gasteiger partial charge < -0.3 is 14.5 Å². The van der Waals surface area contributed by atoms with Gasteiger partial charge in [-0.3, -0.25) is 9.69 Å². The number of ether oxygens (including phenoxy) is 1. The molecular weight excluding hydrogens is 290 g/mol. The Kier molecular flexibility index (Phi) is 3.77. The third-order valence-corrected chi connectivity index (χ3v) is 5.68. The second-order valence-electron chi connectivity index (χ2n) is 7.13. The van der Waals surface area contributed by atoms with Gasteiger partial charge in [-0.25, -0.2) is 0 Å². The van der Waals surface area contributed by atoms with Crippen molar-refractivity contribution in [2.45, 2.75) is 6.04 Å². The predicted molar refractivity (Wildman–Crippen MR) is 88.4 cm³/mol. The summed E-state index contributed by atoms with van der Waals surface area (Å²) in [6.07, 6.45) is 0. The van der Waals surface area contributed by atoms with Gasteiger partial charge in [-0.15, -0.1) is 0 Å². The number of hydrogen-bond acceptors (Lipinski definition) is 4. The van der Waals surface area contributed by atoms with E-state index in [2.05, 4.69) is 40.9 Å². The molecule has 3 aliphatic rings. The van der Waals surface area contributed by atoms with Crippen LogP contribution in [-0.2, 0) is 4.79 Å². The Hall–Kier alpha value is -1.59.